The Balaban J connectivity index is 1.58. The summed E-state index contributed by atoms with van der Waals surface area (Å²) in [6.45, 7) is 11.8. The minimum absolute atomic E-state index is 0.0485. The van der Waals surface area contributed by atoms with Crippen LogP contribution < -0.4 is 28.0 Å². The van der Waals surface area contributed by atoms with Gasteiger partial charge in [0.05, 0.1) is 35.0 Å². The van der Waals surface area contributed by atoms with Gasteiger partial charge in [0, 0.05) is 75.1 Å². The molecule has 0 N–H and O–H groups in total. The number of methoxy groups -OCH3 is 4. The van der Waals surface area contributed by atoms with Gasteiger partial charge < -0.3 is 33.5 Å². The monoisotopic (exact) mass is 804 g/mol. The summed E-state index contributed by atoms with van der Waals surface area (Å²) in [6.07, 6.45) is 2.70. The van der Waals surface area contributed by atoms with Crippen molar-refractivity contribution in [3.63, 3.8) is 0 Å². The Hall–Kier alpha value is -5.11. The first kappa shape index (κ1) is 41.5. The third kappa shape index (κ3) is 7.10. The van der Waals surface area contributed by atoms with Crippen molar-refractivity contribution in [2.24, 2.45) is 0 Å². The van der Waals surface area contributed by atoms with E-state index >= 15 is 13.2 Å². The predicted octanol–water partition coefficient (Wildman–Crippen LogP) is 3.99. The molecule has 0 bridgehead atoms. The van der Waals surface area contributed by atoms with E-state index in [1.165, 1.54) is 52.8 Å². The zero-order valence-electron chi connectivity index (χ0n) is 33.8. The number of amides is 2. The SMILES string of the molecule is CCOc1ncccc1C1(CC(=O)N2CCC(N3CCN(CC)CC3)CC2)C(=O)N(S(=O)(=O)c2ccc(OC)cc2OC)c2c(OC)c(OC)c(C#N)c(CC)c21. The van der Waals surface area contributed by atoms with E-state index in [1.54, 1.807) is 30.9 Å². The van der Waals surface area contributed by atoms with Gasteiger partial charge in [0.1, 0.15) is 39.1 Å². The van der Waals surface area contributed by atoms with E-state index in [1.807, 2.05) is 0 Å². The van der Waals surface area contributed by atoms with E-state index in [4.69, 9.17) is 23.7 Å². The summed E-state index contributed by atoms with van der Waals surface area (Å²) in [5.41, 5.74) is -1.54. The fraction of sp³-hybridized carbons (Fsp3) is 0.512. The highest BCUT2D eigenvalue weighted by atomic mass is 32.2. The predicted molar refractivity (Wildman–Crippen MR) is 212 cm³/mol. The Morgan fingerprint density at radius 2 is 1.65 bits per heavy atom. The summed E-state index contributed by atoms with van der Waals surface area (Å²) in [6, 6.07) is 9.93. The minimum atomic E-state index is -4.87. The molecule has 0 radical (unpaired) electrons. The largest absolute Gasteiger partial charge is 0.497 e. The number of carbonyl (C=O) groups is 2. The molecule has 1 atom stereocenters. The molecule has 0 spiro atoms. The number of sulfonamides is 1. The lowest BCUT2D eigenvalue weighted by atomic mass is 9.70. The van der Waals surface area contributed by atoms with E-state index < -0.39 is 27.8 Å². The number of aromatic nitrogens is 1. The first-order valence-corrected chi connectivity index (χ1v) is 20.8. The van der Waals surface area contributed by atoms with Crippen LogP contribution in [0.15, 0.2) is 41.4 Å². The molecule has 6 rings (SSSR count). The van der Waals surface area contributed by atoms with Gasteiger partial charge >= 0.3 is 0 Å². The first-order chi connectivity index (χ1) is 27.5. The Labute approximate surface area is 335 Å². The van der Waals surface area contributed by atoms with E-state index in [0.717, 1.165) is 45.6 Å². The second kappa shape index (κ2) is 17.2. The van der Waals surface area contributed by atoms with E-state index in [9.17, 15) is 10.1 Å². The average Bonchev–Trinajstić information content (AvgIpc) is 3.50. The molecular formula is C41H52N6O9S. The van der Waals surface area contributed by atoms with Crippen molar-refractivity contribution < 1.29 is 41.7 Å². The number of ether oxygens (including phenoxy) is 5. The minimum Gasteiger partial charge on any atom is -0.497 e. The van der Waals surface area contributed by atoms with Crippen LogP contribution in [0.2, 0.25) is 0 Å². The Kier molecular flexibility index (Phi) is 12.5. The lowest BCUT2D eigenvalue weighted by Crippen LogP contribution is -2.54. The second-order valence-electron chi connectivity index (χ2n) is 14.2. The topological polar surface area (TPSA) is 164 Å². The molecule has 0 saturated carbocycles. The number of carbonyl (C=O) groups excluding carboxylic acids is 2. The molecule has 2 amide bonds. The van der Waals surface area contributed by atoms with Gasteiger partial charge in [0.25, 0.3) is 15.9 Å². The lowest BCUT2D eigenvalue weighted by molar-refractivity contribution is -0.136. The van der Waals surface area contributed by atoms with Crippen LogP contribution in [-0.2, 0) is 31.4 Å². The highest BCUT2D eigenvalue weighted by Crippen LogP contribution is 2.60. The van der Waals surface area contributed by atoms with Gasteiger partial charge in [0.2, 0.25) is 11.8 Å². The molecule has 15 nitrogen and oxygen atoms in total. The van der Waals surface area contributed by atoms with E-state index in [2.05, 4.69) is 27.8 Å². The number of hydrogen-bond donors (Lipinski definition) is 0. The zero-order valence-corrected chi connectivity index (χ0v) is 34.6. The Bertz CT molecular complexity index is 2140. The van der Waals surface area contributed by atoms with E-state index in [0.29, 0.717) is 34.7 Å². The van der Waals surface area contributed by atoms with Crippen LogP contribution in [0.1, 0.15) is 62.3 Å². The van der Waals surface area contributed by atoms with Crippen LogP contribution >= 0.6 is 0 Å². The second-order valence-corrected chi connectivity index (χ2v) is 15.9. The molecule has 57 heavy (non-hydrogen) atoms. The number of hydrogen-bond acceptors (Lipinski definition) is 13. The smallest absolute Gasteiger partial charge is 0.274 e. The van der Waals surface area contributed by atoms with Gasteiger partial charge in [-0.15, -0.1) is 0 Å². The molecule has 2 saturated heterocycles. The summed E-state index contributed by atoms with van der Waals surface area (Å²) in [7, 11) is 0.521. The Morgan fingerprint density at radius 3 is 2.23 bits per heavy atom. The number of piperazine rings is 1. The van der Waals surface area contributed by atoms with Crippen molar-refractivity contribution in [2.75, 3.05) is 85.2 Å². The number of nitriles is 1. The molecule has 3 aromatic rings. The van der Waals surface area contributed by atoms with Crippen LogP contribution in [-0.4, -0.2) is 127 Å². The van der Waals surface area contributed by atoms with Gasteiger partial charge in [-0.1, -0.05) is 19.9 Å². The lowest BCUT2D eigenvalue weighted by Gasteiger charge is -2.43. The molecule has 1 unspecified atom stereocenters. The summed E-state index contributed by atoms with van der Waals surface area (Å²) in [5, 5.41) is 10.7. The van der Waals surface area contributed by atoms with Crippen molar-refractivity contribution >= 4 is 27.5 Å². The van der Waals surface area contributed by atoms with Crippen molar-refractivity contribution in [1.82, 2.24) is 19.7 Å². The molecule has 0 aliphatic carbocycles. The molecule has 4 heterocycles. The third-order valence-corrected chi connectivity index (χ3v) is 13.3. The molecule has 1 aromatic heterocycles. The summed E-state index contributed by atoms with van der Waals surface area (Å²) >= 11 is 0. The van der Waals surface area contributed by atoms with Gasteiger partial charge in [0.15, 0.2) is 11.5 Å². The zero-order chi connectivity index (χ0) is 41.1. The van der Waals surface area contributed by atoms with E-state index in [-0.39, 0.29) is 69.3 Å². The number of anilines is 1. The first-order valence-electron chi connectivity index (χ1n) is 19.4. The van der Waals surface area contributed by atoms with Crippen LogP contribution in [0.4, 0.5) is 5.69 Å². The fourth-order valence-electron chi connectivity index (χ4n) is 8.69. The molecule has 306 valence electrons. The molecule has 2 fully saturated rings. The normalized spacial score (nSPS) is 19.2. The quantitative estimate of drug-likeness (QED) is 0.230. The highest BCUT2D eigenvalue weighted by molar-refractivity contribution is 7.93. The van der Waals surface area contributed by atoms with Crippen LogP contribution in [0.5, 0.6) is 28.9 Å². The molecule has 2 aromatic carbocycles. The van der Waals surface area contributed by atoms with Crippen molar-refractivity contribution in [3.05, 3.63) is 58.8 Å². The number of benzene rings is 2. The van der Waals surface area contributed by atoms with Crippen molar-refractivity contribution in [1.29, 1.82) is 5.26 Å². The number of likely N-dealkylation sites (N-methyl/N-ethyl adjacent to an activating group) is 1. The van der Waals surface area contributed by atoms with Crippen molar-refractivity contribution in [3.8, 4) is 34.9 Å². The summed E-state index contributed by atoms with van der Waals surface area (Å²) in [4.78, 5) is 41.6. The third-order valence-electron chi connectivity index (χ3n) is 11.5. The number of pyridine rings is 1. The molecule has 16 heteroatoms. The summed E-state index contributed by atoms with van der Waals surface area (Å²) < 4.78 is 59.7. The van der Waals surface area contributed by atoms with Gasteiger partial charge in [-0.2, -0.15) is 9.57 Å². The van der Waals surface area contributed by atoms with Crippen LogP contribution in [0.3, 0.4) is 0 Å². The van der Waals surface area contributed by atoms with Crippen molar-refractivity contribution in [2.45, 2.75) is 62.8 Å². The molecule has 3 aliphatic rings. The van der Waals surface area contributed by atoms with Gasteiger partial charge in [-0.25, -0.2) is 13.4 Å². The van der Waals surface area contributed by atoms with Crippen LogP contribution in [0, 0.1) is 11.3 Å². The van der Waals surface area contributed by atoms with Gasteiger partial charge in [-0.3, -0.25) is 14.5 Å². The Morgan fingerprint density at radius 1 is 0.947 bits per heavy atom. The standard InChI is InChI=1S/C41H52N6O9S/c1-8-29-30(26-42)37(54-6)38(55-7)36-35(29)41(31-12-11-17-43-39(31)56-10-3,40(49)47(36)57(50,51)33-14-13-28(52-4)24-32(33)53-5)25-34(48)46-18-15-27(16-19-46)45-22-20-44(9-2)21-23-45/h11-14,17,24,27H,8-10,15-16,18-23,25H2,1-7H3. The number of nitrogens with zero attached hydrogens (tertiary/aromatic N) is 6. The number of piperidine rings is 1. The molecule has 3 aliphatic heterocycles. The summed E-state index contributed by atoms with van der Waals surface area (Å²) in [5.74, 6) is -1.24. The van der Waals surface area contributed by atoms with Gasteiger partial charge in [-0.05, 0) is 56.5 Å². The highest BCUT2D eigenvalue weighted by Gasteiger charge is 2.62. The maximum absolute atomic E-state index is 15.9. The number of likely N-dealkylation sites (tertiary alicyclic amines) is 1. The maximum Gasteiger partial charge on any atom is 0.274 e. The number of rotatable bonds is 14. The van der Waals surface area contributed by atoms with Crippen LogP contribution in [0.25, 0.3) is 0 Å². The maximum atomic E-state index is 15.9. The average molecular weight is 805 g/mol. The number of fused-ring (bicyclic) bond motifs is 1. The fourth-order valence-corrected chi connectivity index (χ4v) is 10.3. The molecular weight excluding hydrogens is 753 g/mol.